The molecule has 0 saturated heterocycles. The van der Waals surface area contributed by atoms with Gasteiger partial charge < -0.3 is 16.2 Å². The Hall–Kier alpha value is -0.610. The highest BCUT2D eigenvalue weighted by Gasteiger charge is 2.40. The van der Waals surface area contributed by atoms with Crippen LogP contribution in [0, 0.1) is 0 Å². The first kappa shape index (κ1) is 10.5. The van der Waals surface area contributed by atoms with Crippen molar-refractivity contribution in [3.05, 3.63) is 0 Å². The van der Waals surface area contributed by atoms with Crippen LogP contribution in [0.25, 0.3) is 0 Å². The number of hydrogen-bond acceptors (Lipinski definition) is 3. The average Bonchev–Trinajstić information content (AvgIpc) is 2.51. The molecule has 1 aliphatic carbocycles. The summed E-state index contributed by atoms with van der Waals surface area (Å²) < 4.78 is 5.43. The maximum absolute atomic E-state index is 10.7. The van der Waals surface area contributed by atoms with Crippen LogP contribution in [0.3, 0.4) is 0 Å². The monoisotopic (exact) mass is 186 g/mol. The van der Waals surface area contributed by atoms with Gasteiger partial charge in [-0.1, -0.05) is 12.8 Å². The summed E-state index contributed by atoms with van der Waals surface area (Å²) in [6.45, 7) is 0. The van der Waals surface area contributed by atoms with Crippen LogP contribution in [0.2, 0.25) is 0 Å². The summed E-state index contributed by atoms with van der Waals surface area (Å²) in [5.41, 5.74) is 10.7. The van der Waals surface area contributed by atoms with Crippen LogP contribution in [0.5, 0.6) is 0 Å². The number of amides is 1. The van der Waals surface area contributed by atoms with E-state index >= 15 is 0 Å². The Bertz CT molecular complexity index is 188. The smallest absolute Gasteiger partial charge is 0.219 e. The molecule has 0 aliphatic heterocycles. The summed E-state index contributed by atoms with van der Waals surface area (Å²) in [7, 11) is 1.66. The van der Waals surface area contributed by atoms with Gasteiger partial charge in [0.2, 0.25) is 5.91 Å². The van der Waals surface area contributed by atoms with Gasteiger partial charge in [-0.25, -0.2) is 0 Å². The Morgan fingerprint density at radius 2 is 2.08 bits per heavy atom. The summed E-state index contributed by atoms with van der Waals surface area (Å²) in [5, 5.41) is 0. The molecule has 0 aromatic rings. The molecule has 4 N–H and O–H groups in total. The molecular formula is C9H18N2O2. The number of carbonyl (C=O) groups excluding carboxylic acids is 1. The van der Waals surface area contributed by atoms with E-state index in [1.165, 1.54) is 0 Å². The van der Waals surface area contributed by atoms with E-state index in [1.54, 1.807) is 7.11 Å². The highest BCUT2D eigenvalue weighted by atomic mass is 16.5. The van der Waals surface area contributed by atoms with Crippen LogP contribution in [-0.2, 0) is 9.53 Å². The number of ether oxygens (including phenoxy) is 1. The molecule has 0 aromatic heterocycles. The highest BCUT2D eigenvalue weighted by Crippen LogP contribution is 2.35. The second-order valence-corrected chi connectivity index (χ2v) is 3.75. The fourth-order valence-electron chi connectivity index (χ4n) is 2.10. The Kier molecular flexibility index (Phi) is 3.27. The van der Waals surface area contributed by atoms with E-state index in [0.29, 0.717) is 0 Å². The molecule has 1 atom stereocenters. The van der Waals surface area contributed by atoms with E-state index in [0.717, 1.165) is 25.7 Å². The summed E-state index contributed by atoms with van der Waals surface area (Å²) >= 11 is 0. The molecule has 0 bridgehead atoms. The topological polar surface area (TPSA) is 78.3 Å². The van der Waals surface area contributed by atoms with E-state index in [-0.39, 0.29) is 24.0 Å². The van der Waals surface area contributed by atoms with Crippen molar-refractivity contribution in [1.29, 1.82) is 0 Å². The minimum atomic E-state index is -0.351. The van der Waals surface area contributed by atoms with Crippen molar-refractivity contribution in [2.75, 3.05) is 7.11 Å². The summed E-state index contributed by atoms with van der Waals surface area (Å²) in [4.78, 5) is 10.7. The molecule has 1 amide bonds. The van der Waals surface area contributed by atoms with Crippen LogP contribution < -0.4 is 11.5 Å². The molecule has 4 heteroatoms. The average molecular weight is 186 g/mol. The molecule has 13 heavy (non-hydrogen) atoms. The predicted molar refractivity (Wildman–Crippen MR) is 50.0 cm³/mol. The maximum atomic E-state index is 10.7. The minimum Gasteiger partial charge on any atom is -0.377 e. The molecule has 0 radical (unpaired) electrons. The van der Waals surface area contributed by atoms with Gasteiger partial charge in [0.15, 0.2) is 0 Å². The Morgan fingerprint density at radius 3 is 2.46 bits per heavy atom. The first-order valence-electron chi connectivity index (χ1n) is 4.70. The van der Waals surface area contributed by atoms with Crippen LogP contribution >= 0.6 is 0 Å². The molecule has 1 fully saturated rings. The largest absolute Gasteiger partial charge is 0.377 e. The van der Waals surface area contributed by atoms with Crippen molar-refractivity contribution < 1.29 is 9.53 Å². The fourth-order valence-corrected chi connectivity index (χ4v) is 2.10. The summed E-state index contributed by atoms with van der Waals surface area (Å²) in [6.07, 6.45) is 4.35. The van der Waals surface area contributed by atoms with Gasteiger partial charge >= 0.3 is 0 Å². The minimum absolute atomic E-state index is 0.216. The zero-order valence-corrected chi connectivity index (χ0v) is 8.08. The predicted octanol–water partition coefficient (Wildman–Crippen LogP) is 0.148. The van der Waals surface area contributed by atoms with Crippen molar-refractivity contribution in [3.8, 4) is 0 Å². The van der Waals surface area contributed by atoms with Gasteiger partial charge in [0.25, 0.3) is 0 Å². The quantitative estimate of drug-likeness (QED) is 0.656. The van der Waals surface area contributed by atoms with E-state index in [2.05, 4.69) is 0 Å². The third-order valence-electron chi connectivity index (χ3n) is 2.95. The molecular weight excluding hydrogens is 168 g/mol. The first-order chi connectivity index (χ1) is 6.10. The molecule has 1 unspecified atom stereocenters. The van der Waals surface area contributed by atoms with E-state index in [1.807, 2.05) is 0 Å². The molecule has 1 saturated carbocycles. The summed E-state index contributed by atoms with van der Waals surface area (Å²) in [6, 6.07) is -0.252. The number of carbonyl (C=O) groups is 1. The van der Waals surface area contributed by atoms with Crippen molar-refractivity contribution in [3.63, 3.8) is 0 Å². The molecule has 0 heterocycles. The zero-order chi connectivity index (χ0) is 9.90. The third kappa shape index (κ3) is 2.19. The number of primary amides is 1. The fraction of sp³-hybridized carbons (Fsp3) is 0.889. The van der Waals surface area contributed by atoms with E-state index in [4.69, 9.17) is 16.2 Å². The second-order valence-electron chi connectivity index (χ2n) is 3.75. The van der Waals surface area contributed by atoms with Crippen LogP contribution in [-0.4, -0.2) is 24.7 Å². The van der Waals surface area contributed by atoms with Crippen LogP contribution in [0.1, 0.15) is 32.1 Å². The molecule has 76 valence electrons. The zero-order valence-electron chi connectivity index (χ0n) is 8.08. The maximum Gasteiger partial charge on any atom is 0.219 e. The molecule has 4 nitrogen and oxygen atoms in total. The van der Waals surface area contributed by atoms with Gasteiger partial charge in [-0.3, -0.25) is 4.79 Å². The standard InChI is InChI=1S/C9H18N2O2/c1-13-9(4-2-3-5-9)7(10)6-8(11)12/h7H,2-6,10H2,1H3,(H2,11,12). The van der Waals surface area contributed by atoms with Gasteiger partial charge in [-0.15, -0.1) is 0 Å². The van der Waals surface area contributed by atoms with Gasteiger partial charge in [-0.2, -0.15) is 0 Å². The lowest BCUT2D eigenvalue weighted by atomic mass is 9.90. The number of rotatable bonds is 4. The van der Waals surface area contributed by atoms with Crippen molar-refractivity contribution in [1.82, 2.24) is 0 Å². The first-order valence-corrected chi connectivity index (χ1v) is 4.70. The third-order valence-corrected chi connectivity index (χ3v) is 2.95. The number of nitrogens with two attached hydrogens (primary N) is 2. The Labute approximate surface area is 78.6 Å². The van der Waals surface area contributed by atoms with Crippen molar-refractivity contribution in [2.45, 2.75) is 43.7 Å². The van der Waals surface area contributed by atoms with Crippen molar-refractivity contribution in [2.24, 2.45) is 11.5 Å². The molecule has 0 spiro atoms. The SMILES string of the molecule is COC1(C(N)CC(N)=O)CCCC1. The highest BCUT2D eigenvalue weighted by molar-refractivity contribution is 5.74. The van der Waals surface area contributed by atoms with Gasteiger partial charge in [0, 0.05) is 19.6 Å². The molecule has 1 aliphatic rings. The van der Waals surface area contributed by atoms with Gasteiger partial charge in [-0.05, 0) is 12.8 Å². The van der Waals surface area contributed by atoms with Crippen LogP contribution in [0.15, 0.2) is 0 Å². The van der Waals surface area contributed by atoms with E-state index < -0.39 is 0 Å². The normalized spacial score (nSPS) is 22.9. The second kappa shape index (κ2) is 4.07. The van der Waals surface area contributed by atoms with Gasteiger partial charge in [0.1, 0.15) is 0 Å². The van der Waals surface area contributed by atoms with Gasteiger partial charge in [0.05, 0.1) is 5.60 Å². The Morgan fingerprint density at radius 1 is 1.54 bits per heavy atom. The lowest BCUT2D eigenvalue weighted by molar-refractivity contribution is -0.120. The molecule has 1 rings (SSSR count). The van der Waals surface area contributed by atoms with E-state index in [9.17, 15) is 4.79 Å². The number of methoxy groups -OCH3 is 1. The number of hydrogen-bond donors (Lipinski definition) is 2. The van der Waals surface area contributed by atoms with Crippen LogP contribution in [0.4, 0.5) is 0 Å². The van der Waals surface area contributed by atoms with Crippen molar-refractivity contribution >= 4 is 5.91 Å². The lowest BCUT2D eigenvalue weighted by Crippen LogP contribution is -2.49. The Balaban J connectivity index is 2.59. The lowest BCUT2D eigenvalue weighted by Gasteiger charge is -2.33. The summed E-state index contributed by atoms with van der Waals surface area (Å²) in [5.74, 6) is -0.351. The molecule has 0 aromatic carbocycles.